The first-order valence-electron chi connectivity index (χ1n) is 18.4. The van der Waals surface area contributed by atoms with Crippen LogP contribution in [-0.4, -0.2) is 10.8 Å². The average Bonchev–Trinajstić information content (AvgIpc) is 3.26. The number of hydrogen-bond donors (Lipinski definition) is 1. The molecule has 3 nitrogen and oxygen atoms in total. The summed E-state index contributed by atoms with van der Waals surface area (Å²) in [5.74, 6) is 0.848. The lowest BCUT2D eigenvalue weighted by atomic mass is 9.94. The number of benzene rings is 8. The Bertz CT molecular complexity index is 2900. The first kappa shape index (κ1) is 31.6. The van der Waals surface area contributed by atoms with Gasteiger partial charge in [0.05, 0.1) is 17.3 Å². The van der Waals surface area contributed by atoms with E-state index in [0.29, 0.717) is 0 Å². The number of hydrogen-bond acceptors (Lipinski definition) is 3. The van der Waals surface area contributed by atoms with Crippen LogP contribution in [0.4, 0.5) is 0 Å². The maximum atomic E-state index is 5.28. The van der Waals surface area contributed by atoms with Gasteiger partial charge in [0, 0.05) is 22.7 Å². The molecule has 1 aliphatic heterocycles. The lowest BCUT2D eigenvalue weighted by Crippen LogP contribution is -2.31. The van der Waals surface area contributed by atoms with Gasteiger partial charge in [-0.25, -0.2) is 4.99 Å². The number of para-hydroxylation sites is 1. The number of nitrogens with one attached hydrogen (secondary N) is 1. The van der Waals surface area contributed by atoms with E-state index in [1.54, 1.807) is 0 Å². The summed E-state index contributed by atoms with van der Waals surface area (Å²) in [5, 5.41) is 9.91. The maximum absolute atomic E-state index is 5.28. The van der Waals surface area contributed by atoms with Crippen molar-refractivity contribution in [3.63, 3.8) is 0 Å². The molecular weight excluding hydrogens is 655 g/mol. The number of rotatable bonds is 6. The summed E-state index contributed by atoms with van der Waals surface area (Å²) in [6.45, 7) is 0. The molecule has 0 fully saturated rings. The molecule has 0 spiro atoms. The van der Waals surface area contributed by atoms with Gasteiger partial charge < -0.3 is 5.32 Å². The Labute approximate surface area is 314 Å². The first-order chi connectivity index (χ1) is 26.7. The van der Waals surface area contributed by atoms with Gasteiger partial charge in [-0.2, -0.15) is 0 Å². The third-order valence-corrected chi connectivity index (χ3v) is 10.5. The molecule has 1 N–H and O–H groups in total. The molecule has 3 heteroatoms. The summed E-state index contributed by atoms with van der Waals surface area (Å²) in [4.78, 5) is 9.98. The third kappa shape index (κ3) is 6.02. The van der Waals surface area contributed by atoms with Crippen LogP contribution in [0, 0.1) is 0 Å². The van der Waals surface area contributed by atoms with Crippen molar-refractivity contribution in [2.75, 3.05) is 0 Å². The van der Waals surface area contributed by atoms with Crippen molar-refractivity contribution in [2.45, 2.75) is 6.04 Å². The van der Waals surface area contributed by atoms with Gasteiger partial charge in [0.1, 0.15) is 5.84 Å². The van der Waals surface area contributed by atoms with Crippen molar-refractivity contribution in [1.82, 2.24) is 10.3 Å². The fourth-order valence-electron chi connectivity index (χ4n) is 7.65. The van der Waals surface area contributed by atoms with E-state index < -0.39 is 0 Å². The number of aliphatic imine (C=N–C) groups is 1. The highest BCUT2D eigenvalue weighted by molar-refractivity contribution is 6.04. The number of amidine groups is 1. The van der Waals surface area contributed by atoms with Crippen LogP contribution in [0.15, 0.2) is 205 Å². The number of aromatic nitrogens is 1. The molecule has 10 rings (SSSR count). The number of fused-ring (bicyclic) bond motifs is 3. The molecule has 54 heavy (non-hydrogen) atoms. The van der Waals surface area contributed by atoms with E-state index in [1.165, 1.54) is 43.8 Å². The molecule has 2 heterocycles. The van der Waals surface area contributed by atoms with Gasteiger partial charge in [0.2, 0.25) is 0 Å². The van der Waals surface area contributed by atoms with E-state index >= 15 is 0 Å². The largest absolute Gasteiger partial charge is 0.359 e. The zero-order valence-electron chi connectivity index (χ0n) is 29.5. The van der Waals surface area contributed by atoms with Gasteiger partial charge in [-0.05, 0) is 90.8 Å². The second-order valence-corrected chi connectivity index (χ2v) is 13.9. The van der Waals surface area contributed by atoms with Crippen LogP contribution in [0.3, 0.4) is 0 Å². The first-order valence-corrected chi connectivity index (χ1v) is 18.4. The smallest absolute Gasteiger partial charge is 0.134 e. The molecule has 1 unspecified atom stereocenters. The molecule has 1 aliphatic rings. The Morgan fingerprint density at radius 3 is 1.91 bits per heavy atom. The highest BCUT2D eigenvalue weighted by atomic mass is 15.0. The van der Waals surface area contributed by atoms with Gasteiger partial charge in [-0.15, -0.1) is 0 Å². The highest BCUT2D eigenvalue weighted by Gasteiger charge is 2.21. The SMILES string of the molecule is C1=C(c2ccc(-c3cnc4ccccc4c3)cc2)N=C(c2cccc(-c3ccc4ccccc4c3)c2)NC1c1ccc(-c2cccc3ccccc23)cc1. The Morgan fingerprint density at radius 2 is 1.04 bits per heavy atom. The molecule has 1 aromatic heterocycles. The van der Waals surface area contributed by atoms with Crippen molar-refractivity contribution in [3.8, 4) is 33.4 Å². The third-order valence-electron chi connectivity index (χ3n) is 10.5. The monoisotopic (exact) mass is 689 g/mol. The number of pyridine rings is 1. The fourth-order valence-corrected chi connectivity index (χ4v) is 7.65. The zero-order chi connectivity index (χ0) is 35.8. The van der Waals surface area contributed by atoms with Crippen LogP contribution < -0.4 is 5.32 Å². The maximum Gasteiger partial charge on any atom is 0.134 e. The summed E-state index contributed by atoms with van der Waals surface area (Å²) >= 11 is 0. The van der Waals surface area contributed by atoms with Crippen LogP contribution in [0.25, 0.3) is 71.5 Å². The van der Waals surface area contributed by atoms with Crippen LogP contribution >= 0.6 is 0 Å². The molecule has 9 aromatic rings. The summed E-state index contributed by atoms with van der Waals surface area (Å²) in [6.07, 6.45) is 4.20. The van der Waals surface area contributed by atoms with E-state index in [4.69, 9.17) is 9.98 Å². The van der Waals surface area contributed by atoms with Crippen LogP contribution in [0.1, 0.15) is 22.7 Å². The van der Waals surface area contributed by atoms with Crippen molar-refractivity contribution in [2.24, 2.45) is 4.99 Å². The van der Waals surface area contributed by atoms with Crippen molar-refractivity contribution in [1.29, 1.82) is 0 Å². The minimum absolute atomic E-state index is 0.0808. The molecule has 0 saturated heterocycles. The Morgan fingerprint density at radius 1 is 0.407 bits per heavy atom. The van der Waals surface area contributed by atoms with E-state index in [-0.39, 0.29) is 6.04 Å². The molecule has 0 bridgehead atoms. The predicted molar refractivity (Wildman–Crippen MR) is 226 cm³/mol. The molecule has 8 aromatic carbocycles. The van der Waals surface area contributed by atoms with Crippen LogP contribution in [0.5, 0.6) is 0 Å². The van der Waals surface area contributed by atoms with E-state index in [0.717, 1.165) is 50.3 Å². The summed E-state index contributed by atoms with van der Waals surface area (Å²) < 4.78 is 0. The Hall–Kier alpha value is -7.10. The summed E-state index contributed by atoms with van der Waals surface area (Å²) in [5.41, 5.74) is 12.2. The van der Waals surface area contributed by atoms with E-state index in [2.05, 4.69) is 187 Å². The second-order valence-electron chi connectivity index (χ2n) is 13.9. The lowest BCUT2D eigenvalue weighted by molar-refractivity contribution is 0.781. The zero-order valence-corrected chi connectivity index (χ0v) is 29.5. The predicted octanol–water partition coefficient (Wildman–Crippen LogP) is 12.7. The van der Waals surface area contributed by atoms with Crippen molar-refractivity contribution < 1.29 is 0 Å². The van der Waals surface area contributed by atoms with Crippen molar-refractivity contribution in [3.05, 3.63) is 217 Å². The quantitative estimate of drug-likeness (QED) is 0.189. The normalized spacial score (nSPS) is 14.1. The van der Waals surface area contributed by atoms with Crippen LogP contribution in [-0.2, 0) is 0 Å². The van der Waals surface area contributed by atoms with Gasteiger partial charge in [-0.3, -0.25) is 4.98 Å². The molecule has 0 radical (unpaired) electrons. The molecule has 0 amide bonds. The van der Waals surface area contributed by atoms with Gasteiger partial charge in [-0.1, -0.05) is 164 Å². The van der Waals surface area contributed by atoms with E-state index in [9.17, 15) is 0 Å². The summed E-state index contributed by atoms with van der Waals surface area (Å²) in [6, 6.07) is 67.0. The Balaban J connectivity index is 1.02. The Kier molecular flexibility index (Phi) is 7.88. The van der Waals surface area contributed by atoms with Gasteiger partial charge in [0.15, 0.2) is 0 Å². The van der Waals surface area contributed by atoms with Crippen LogP contribution in [0.2, 0.25) is 0 Å². The van der Waals surface area contributed by atoms with Gasteiger partial charge >= 0.3 is 0 Å². The lowest BCUT2D eigenvalue weighted by Gasteiger charge is -2.25. The molecule has 0 aliphatic carbocycles. The molecule has 0 saturated carbocycles. The molecular formula is C51H35N3. The minimum Gasteiger partial charge on any atom is -0.359 e. The minimum atomic E-state index is -0.0808. The topological polar surface area (TPSA) is 37.3 Å². The molecule has 254 valence electrons. The van der Waals surface area contributed by atoms with E-state index in [1.807, 2.05) is 18.3 Å². The fraction of sp³-hybridized carbons (Fsp3) is 0.0196. The standard InChI is InChI=1S/C51H35N3/c1-2-11-40-29-42(28-21-34(40)9-1)41-14-7-15-44(30-41)51-53-49(38-24-19-35(20-25-38)45-31-43-12-4-6-18-48(43)52-33-45)32-50(54-51)39-26-22-37(23-27-39)47-17-8-13-36-10-3-5-16-46(36)47/h1-33,50H,(H,53,54). The second kappa shape index (κ2) is 13.5. The van der Waals surface area contributed by atoms with Crippen molar-refractivity contribution >= 4 is 44.0 Å². The summed E-state index contributed by atoms with van der Waals surface area (Å²) in [7, 11) is 0. The number of nitrogens with zero attached hydrogens (tertiary/aromatic N) is 2. The molecule has 1 atom stereocenters. The average molecular weight is 690 g/mol. The highest BCUT2D eigenvalue weighted by Crippen LogP contribution is 2.34. The van der Waals surface area contributed by atoms with Gasteiger partial charge in [0.25, 0.3) is 0 Å².